The van der Waals surface area contributed by atoms with Crippen LogP contribution in [0.4, 0.5) is 0 Å². The number of allylic oxidation sites excluding steroid dienone is 3. The largest absolute Gasteiger partial charge is 0.491 e. The lowest BCUT2D eigenvalue weighted by Crippen LogP contribution is -2.39. The Bertz CT molecular complexity index is 942. The highest BCUT2D eigenvalue weighted by atomic mass is 16.5. The summed E-state index contributed by atoms with van der Waals surface area (Å²) in [7, 11) is -0.886. The van der Waals surface area contributed by atoms with E-state index < -0.39 is 12.7 Å². The van der Waals surface area contributed by atoms with Crippen LogP contribution in [0.5, 0.6) is 5.75 Å². The van der Waals surface area contributed by atoms with Crippen LogP contribution in [0.3, 0.4) is 0 Å². The number of hydrogen-bond donors (Lipinski definition) is 1. The zero-order valence-corrected chi connectivity index (χ0v) is 19.3. The molecule has 3 rings (SSSR count). The number of rotatable bonds is 7. The van der Waals surface area contributed by atoms with Crippen molar-refractivity contribution in [1.29, 1.82) is 5.26 Å². The van der Waals surface area contributed by atoms with Gasteiger partial charge in [-0.1, -0.05) is 13.0 Å². The average molecular weight is 438 g/mol. The van der Waals surface area contributed by atoms with E-state index in [2.05, 4.69) is 13.0 Å². The summed E-state index contributed by atoms with van der Waals surface area (Å²) in [6.45, 7) is 9.45. The Morgan fingerprint density at radius 1 is 1.41 bits per heavy atom. The third-order valence-electron chi connectivity index (χ3n) is 5.86. The van der Waals surface area contributed by atoms with E-state index in [0.717, 1.165) is 37.0 Å². The first-order chi connectivity index (χ1) is 15.2. The number of fused-ring (bicyclic) bond motifs is 1. The average Bonchev–Trinajstić information content (AvgIpc) is 3.12. The molecule has 0 atom stereocenters. The van der Waals surface area contributed by atoms with E-state index >= 15 is 0 Å². The summed E-state index contributed by atoms with van der Waals surface area (Å²) < 4.78 is 16.9. The molecule has 2 heterocycles. The van der Waals surface area contributed by atoms with Crippen LogP contribution in [-0.2, 0) is 20.8 Å². The molecule has 0 saturated carbocycles. The Labute approximate surface area is 190 Å². The number of amides is 1. The lowest BCUT2D eigenvalue weighted by Gasteiger charge is -2.30. The molecule has 8 heteroatoms. The lowest BCUT2D eigenvalue weighted by molar-refractivity contribution is -0.136. The van der Waals surface area contributed by atoms with E-state index in [0.29, 0.717) is 29.6 Å². The molecule has 0 bridgehead atoms. The topological polar surface area (TPSA) is 92.0 Å². The SMILES string of the molecule is C/C(OCC(=O)N1CCC(C)CC1)=C(C#N)\C=C/C(C)(C)Oc1ccc2c(c1)COB2O. The first-order valence-corrected chi connectivity index (χ1v) is 11.0. The van der Waals surface area contributed by atoms with E-state index in [9.17, 15) is 15.1 Å². The van der Waals surface area contributed by atoms with Crippen molar-refractivity contribution >= 4 is 18.5 Å². The summed E-state index contributed by atoms with van der Waals surface area (Å²) in [4.78, 5) is 14.2. The van der Waals surface area contributed by atoms with Crippen molar-refractivity contribution in [2.75, 3.05) is 19.7 Å². The second-order valence-electron chi connectivity index (χ2n) is 9.00. The standard InChI is InChI=1S/C24H31BN2O5/c1-17-8-11-27(12-9-17)23(28)16-30-18(2)19(14-26)7-10-24(3,4)32-21-5-6-22-20(13-21)15-31-25(22)29/h5-7,10,13,17,29H,8-9,11-12,15-16H2,1-4H3/b10-7-,19-18-. The van der Waals surface area contributed by atoms with Crippen LogP contribution in [0.15, 0.2) is 41.7 Å². The van der Waals surface area contributed by atoms with Gasteiger partial charge in [0.1, 0.15) is 23.2 Å². The third kappa shape index (κ3) is 6.15. The van der Waals surface area contributed by atoms with Crippen molar-refractivity contribution in [3.63, 3.8) is 0 Å². The Balaban J connectivity index is 1.59. The van der Waals surface area contributed by atoms with E-state index in [-0.39, 0.29) is 12.5 Å². The predicted molar refractivity (Wildman–Crippen MR) is 122 cm³/mol. The van der Waals surface area contributed by atoms with E-state index in [1.165, 1.54) is 0 Å². The molecule has 0 aromatic heterocycles. The molecule has 1 aromatic carbocycles. The Hall–Kier alpha value is -2.76. The highest BCUT2D eigenvalue weighted by molar-refractivity contribution is 6.61. The van der Waals surface area contributed by atoms with Crippen molar-refractivity contribution in [2.24, 2.45) is 5.92 Å². The number of carbonyl (C=O) groups is 1. The monoisotopic (exact) mass is 438 g/mol. The first-order valence-electron chi connectivity index (χ1n) is 11.0. The summed E-state index contributed by atoms with van der Waals surface area (Å²) in [5.41, 5.74) is 1.29. The van der Waals surface area contributed by atoms with Gasteiger partial charge in [-0.15, -0.1) is 0 Å². The number of hydrogen-bond acceptors (Lipinski definition) is 6. The van der Waals surface area contributed by atoms with Gasteiger partial charge in [0.25, 0.3) is 5.91 Å². The molecule has 0 unspecified atom stereocenters. The highest BCUT2D eigenvalue weighted by Crippen LogP contribution is 2.23. The van der Waals surface area contributed by atoms with Crippen molar-refractivity contribution in [3.8, 4) is 11.8 Å². The van der Waals surface area contributed by atoms with Crippen LogP contribution >= 0.6 is 0 Å². The van der Waals surface area contributed by atoms with Crippen molar-refractivity contribution in [1.82, 2.24) is 4.90 Å². The molecule has 0 radical (unpaired) electrons. The molecule has 2 aliphatic heterocycles. The van der Waals surface area contributed by atoms with Crippen LogP contribution in [0.25, 0.3) is 0 Å². The van der Waals surface area contributed by atoms with Crippen molar-refractivity contribution in [3.05, 3.63) is 47.2 Å². The second kappa shape index (κ2) is 10.2. The third-order valence-corrected chi connectivity index (χ3v) is 5.86. The summed E-state index contributed by atoms with van der Waals surface area (Å²) in [5.74, 6) is 1.65. The normalized spacial score (nSPS) is 17.8. The fourth-order valence-electron chi connectivity index (χ4n) is 3.72. The minimum atomic E-state index is -0.886. The summed E-state index contributed by atoms with van der Waals surface area (Å²) in [5, 5.41) is 19.3. The zero-order valence-electron chi connectivity index (χ0n) is 19.3. The molecule has 1 aromatic rings. The maximum absolute atomic E-state index is 12.4. The summed E-state index contributed by atoms with van der Waals surface area (Å²) in [6.07, 6.45) is 5.47. The highest BCUT2D eigenvalue weighted by Gasteiger charge is 2.28. The van der Waals surface area contributed by atoms with Gasteiger partial charge in [0.2, 0.25) is 0 Å². The Morgan fingerprint density at radius 2 is 2.12 bits per heavy atom. The maximum Gasteiger partial charge on any atom is 0.491 e. The van der Waals surface area contributed by atoms with Crippen molar-refractivity contribution < 1.29 is 23.9 Å². The molecule has 32 heavy (non-hydrogen) atoms. The molecule has 2 aliphatic rings. The lowest BCUT2D eigenvalue weighted by atomic mass is 9.79. The summed E-state index contributed by atoms with van der Waals surface area (Å²) in [6, 6.07) is 7.56. The molecule has 1 fully saturated rings. The first kappa shape index (κ1) is 23.9. The second-order valence-corrected chi connectivity index (χ2v) is 9.00. The van der Waals surface area contributed by atoms with Gasteiger partial charge in [-0.2, -0.15) is 5.26 Å². The molecular formula is C24H31BN2O5. The minimum absolute atomic E-state index is 0.0492. The van der Waals surface area contributed by atoms with E-state index in [4.69, 9.17) is 14.1 Å². The number of benzene rings is 1. The number of piperidine rings is 1. The van der Waals surface area contributed by atoms with Gasteiger partial charge in [0.05, 0.1) is 12.2 Å². The Kier molecular flexibility index (Phi) is 7.65. The van der Waals surface area contributed by atoms with E-state index in [1.807, 2.05) is 24.8 Å². The fraction of sp³-hybridized carbons (Fsp3) is 0.500. The van der Waals surface area contributed by atoms with Crippen molar-refractivity contribution in [2.45, 2.75) is 52.7 Å². The molecule has 170 valence electrons. The molecule has 1 amide bonds. The zero-order chi connectivity index (χ0) is 23.3. The van der Waals surface area contributed by atoms with Gasteiger partial charge in [0, 0.05) is 13.1 Å². The quantitative estimate of drug-likeness (QED) is 0.305. The van der Waals surface area contributed by atoms with Crippen LogP contribution in [0.1, 0.15) is 46.1 Å². The van der Waals surface area contributed by atoms with Gasteiger partial charge >= 0.3 is 7.12 Å². The van der Waals surface area contributed by atoms with Crippen LogP contribution in [0.2, 0.25) is 0 Å². The van der Waals surface area contributed by atoms with E-state index in [1.54, 1.807) is 31.2 Å². The molecule has 0 spiro atoms. The van der Waals surface area contributed by atoms with Crippen LogP contribution in [0, 0.1) is 17.2 Å². The molecular weight excluding hydrogens is 407 g/mol. The number of carbonyl (C=O) groups excluding carboxylic acids is 1. The minimum Gasteiger partial charge on any atom is -0.487 e. The molecule has 7 nitrogen and oxygen atoms in total. The number of nitriles is 1. The Morgan fingerprint density at radius 3 is 2.81 bits per heavy atom. The number of likely N-dealkylation sites (tertiary alicyclic amines) is 1. The van der Waals surface area contributed by atoms with Crippen LogP contribution < -0.4 is 10.2 Å². The maximum atomic E-state index is 12.4. The van der Waals surface area contributed by atoms with Gasteiger partial charge < -0.3 is 24.1 Å². The molecule has 0 aliphatic carbocycles. The van der Waals surface area contributed by atoms with Gasteiger partial charge in [0.15, 0.2) is 6.61 Å². The number of nitrogens with zero attached hydrogens (tertiary/aromatic N) is 2. The molecule has 1 saturated heterocycles. The number of ether oxygens (including phenoxy) is 2. The van der Waals surface area contributed by atoms with Gasteiger partial charge in [-0.3, -0.25) is 4.79 Å². The molecule has 1 N–H and O–H groups in total. The summed E-state index contributed by atoms with van der Waals surface area (Å²) >= 11 is 0. The van der Waals surface area contributed by atoms with Crippen LogP contribution in [-0.4, -0.2) is 48.2 Å². The fourth-order valence-corrected chi connectivity index (χ4v) is 3.72. The van der Waals surface area contributed by atoms with Gasteiger partial charge in [-0.05, 0) is 74.8 Å². The predicted octanol–water partition coefficient (Wildman–Crippen LogP) is 2.69. The smallest absolute Gasteiger partial charge is 0.487 e. The van der Waals surface area contributed by atoms with Gasteiger partial charge in [-0.25, -0.2) is 0 Å².